The third-order valence-corrected chi connectivity index (χ3v) is 4.88. The van der Waals surface area contributed by atoms with Crippen molar-refractivity contribution in [1.29, 1.82) is 5.26 Å². The van der Waals surface area contributed by atoms with Gasteiger partial charge in [0.05, 0.1) is 18.2 Å². The lowest BCUT2D eigenvalue weighted by molar-refractivity contribution is -0.137. The number of nitrogens with zero attached hydrogens (tertiary/aromatic N) is 4. The van der Waals surface area contributed by atoms with Gasteiger partial charge in [0, 0.05) is 5.02 Å². The number of hydrogen-bond donors (Lipinski definition) is 0. The second-order valence-electron chi connectivity index (χ2n) is 6.49. The predicted molar refractivity (Wildman–Crippen MR) is 98.5 cm³/mol. The first-order valence-electron chi connectivity index (χ1n) is 8.48. The fourth-order valence-electron chi connectivity index (χ4n) is 3.05. The first-order chi connectivity index (χ1) is 13.3. The van der Waals surface area contributed by atoms with Crippen LogP contribution in [-0.4, -0.2) is 14.8 Å². The Kier molecular flexibility index (Phi) is 5.71. The average molecular weight is 405 g/mol. The van der Waals surface area contributed by atoms with Crippen LogP contribution in [0.15, 0.2) is 61.2 Å². The highest BCUT2D eigenvalue weighted by molar-refractivity contribution is 6.30. The van der Waals surface area contributed by atoms with Gasteiger partial charge in [-0.1, -0.05) is 35.9 Å². The monoisotopic (exact) mass is 404 g/mol. The van der Waals surface area contributed by atoms with Crippen LogP contribution >= 0.6 is 11.6 Å². The van der Waals surface area contributed by atoms with Gasteiger partial charge < -0.3 is 0 Å². The summed E-state index contributed by atoms with van der Waals surface area (Å²) in [5, 5.41) is 14.7. The highest BCUT2D eigenvalue weighted by atomic mass is 35.5. The van der Waals surface area contributed by atoms with Crippen molar-refractivity contribution in [3.05, 3.63) is 82.9 Å². The van der Waals surface area contributed by atoms with Gasteiger partial charge in [-0.2, -0.15) is 23.5 Å². The minimum Gasteiger partial charge on any atom is -0.251 e. The Labute approximate surface area is 165 Å². The molecule has 0 aliphatic carbocycles. The lowest BCUT2D eigenvalue weighted by atomic mass is 9.77. The lowest BCUT2D eigenvalue weighted by Crippen LogP contribution is -2.31. The van der Waals surface area contributed by atoms with E-state index in [0.717, 1.165) is 23.3 Å². The Bertz CT molecular complexity index is 945. The van der Waals surface area contributed by atoms with Gasteiger partial charge in [-0.3, -0.25) is 4.68 Å². The number of benzene rings is 2. The highest BCUT2D eigenvalue weighted by Gasteiger charge is 2.34. The molecule has 1 atom stereocenters. The molecule has 0 aliphatic rings. The molecule has 2 aromatic carbocycles. The summed E-state index contributed by atoms with van der Waals surface area (Å²) in [4.78, 5) is 3.91. The lowest BCUT2D eigenvalue weighted by Gasteiger charge is -2.27. The molecule has 1 unspecified atom stereocenters. The Morgan fingerprint density at radius 1 is 1.00 bits per heavy atom. The molecule has 8 heteroatoms. The van der Waals surface area contributed by atoms with Crippen LogP contribution in [0.5, 0.6) is 0 Å². The molecule has 144 valence electrons. The van der Waals surface area contributed by atoms with E-state index in [1.807, 2.05) is 0 Å². The molecule has 0 bridgehead atoms. The quantitative estimate of drug-likeness (QED) is 0.578. The zero-order valence-corrected chi connectivity index (χ0v) is 15.5. The molecular weight excluding hydrogens is 389 g/mol. The normalized spacial score (nSPS) is 13.7. The molecule has 0 amide bonds. The molecule has 1 aromatic heterocycles. The molecule has 1 heterocycles. The molecular formula is C20H16ClF3N4. The van der Waals surface area contributed by atoms with Crippen LogP contribution < -0.4 is 0 Å². The van der Waals surface area contributed by atoms with Crippen molar-refractivity contribution in [3.63, 3.8) is 0 Å². The minimum atomic E-state index is -4.37. The van der Waals surface area contributed by atoms with Crippen molar-refractivity contribution in [3.8, 4) is 6.07 Å². The summed E-state index contributed by atoms with van der Waals surface area (Å²) in [5.74, 6) is 0. The van der Waals surface area contributed by atoms with Crippen molar-refractivity contribution in [2.75, 3.05) is 0 Å². The van der Waals surface area contributed by atoms with Crippen molar-refractivity contribution >= 4 is 11.6 Å². The van der Waals surface area contributed by atoms with Crippen LogP contribution in [0.4, 0.5) is 13.2 Å². The van der Waals surface area contributed by atoms with Crippen molar-refractivity contribution in [1.82, 2.24) is 14.8 Å². The summed E-state index contributed by atoms with van der Waals surface area (Å²) in [6, 6.07) is 14.4. The maximum atomic E-state index is 12.7. The first-order valence-corrected chi connectivity index (χ1v) is 8.86. The number of aryl methyl sites for hydroxylation is 1. The maximum Gasteiger partial charge on any atom is 0.416 e. The van der Waals surface area contributed by atoms with Crippen LogP contribution in [0.3, 0.4) is 0 Å². The van der Waals surface area contributed by atoms with E-state index in [-0.39, 0.29) is 6.54 Å². The summed E-state index contributed by atoms with van der Waals surface area (Å²) in [7, 11) is 0. The Balaban J connectivity index is 1.86. The second-order valence-corrected chi connectivity index (χ2v) is 6.92. The van der Waals surface area contributed by atoms with E-state index in [1.54, 1.807) is 28.9 Å². The Morgan fingerprint density at radius 3 is 2.18 bits per heavy atom. The van der Waals surface area contributed by atoms with Gasteiger partial charge in [0.15, 0.2) is 0 Å². The van der Waals surface area contributed by atoms with Crippen LogP contribution in [0.2, 0.25) is 5.02 Å². The molecule has 28 heavy (non-hydrogen) atoms. The third-order valence-electron chi connectivity index (χ3n) is 4.63. The molecule has 0 saturated heterocycles. The van der Waals surface area contributed by atoms with Gasteiger partial charge >= 0.3 is 6.18 Å². The van der Waals surface area contributed by atoms with Crippen LogP contribution in [0.1, 0.15) is 23.1 Å². The third kappa shape index (κ3) is 4.52. The van der Waals surface area contributed by atoms with Gasteiger partial charge in [0.25, 0.3) is 0 Å². The summed E-state index contributed by atoms with van der Waals surface area (Å²) < 4.78 is 39.8. The summed E-state index contributed by atoms with van der Waals surface area (Å²) in [5.41, 5.74) is -0.133. The zero-order chi connectivity index (χ0) is 20.2. The van der Waals surface area contributed by atoms with Crippen LogP contribution in [0.25, 0.3) is 0 Å². The number of nitriles is 1. The van der Waals surface area contributed by atoms with Crippen molar-refractivity contribution in [2.24, 2.45) is 0 Å². The molecule has 0 saturated carbocycles. The molecule has 0 aliphatic heterocycles. The standard InChI is InChI=1S/C20H16ClF3N4/c21-18-7-5-16(6-8-18)19(11-25,12-28-14-26-13-27-28)10-9-15-1-3-17(4-2-15)20(22,23)24/h1-8,13-14H,9-10,12H2. The van der Waals surface area contributed by atoms with Gasteiger partial charge in [-0.25, -0.2) is 4.98 Å². The number of aromatic nitrogens is 3. The Hall–Kier alpha value is -2.85. The summed E-state index contributed by atoms with van der Waals surface area (Å²) in [6.45, 7) is 0.270. The largest absolute Gasteiger partial charge is 0.416 e. The van der Waals surface area contributed by atoms with E-state index >= 15 is 0 Å². The molecule has 0 N–H and O–H groups in total. The summed E-state index contributed by atoms with van der Waals surface area (Å²) in [6.07, 6.45) is -0.620. The molecule has 0 radical (unpaired) electrons. The van der Waals surface area contributed by atoms with Gasteiger partial charge in [-0.15, -0.1) is 0 Å². The minimum absolute atomic E-state index is 0.270. The van der Waals surface area contributed by atoms with E-state index in [2.05, 4.69) is 16.2 Å². The van der Waals surface area contributed by atoms with Crippen LogP contribution in [-0.2, 0) is 24.6 Å². The van der Waals surface area contributed by atoms with Gasteiger partial charge in [0.1, 0.15) is 18.1 Å². The SMILES string of the molecule is N#CC(CCc1ccc(C(F)(F)F)cc1)(Cn1cncn1)c1ccc(Cl)cc1. The number of alkyl halides is 3. The fraction of sp³-hybridized carbons (Fsp3) is 0.250. The summed E-state index contributed by atoms with van der Waals surface area (Å²) >= 11 is 5.97. The molecule has 0 spiro atoms. The van der Waals surface area contributed by atoms with E-state index < -0.39 is 17.2 Å². The predicted octanol–water partition coefficient (Wildman–Crippen LogP) is 5.04. The average Bonchev–Trinajstić information content (AvgIpc) is 3.18. The second kappa shape index (κ2) is 8.03. The molecule has 3 aromatic rings. The topological polar surface area (TPSA) is 54.5 Å². The first kappa shape index (κ1) is 19.9. The zero-order valence-electron chi connectivity index (χ0n) is 14.7. The van der Waals surface area contributed by atoms with Gasteiger partial charge in [0.2, 0.25) is 0 Å². The number of rotatable bonds is 6. The number of halogens is 4. The number of hydrogen-bond acceptors (Lipinski definition) is 3. The van der Waals surface area contributed by atoms with Crippen molar-refractivity contribution < 1.29 is 13.2 Å². The molecule has 0 fully saturated rings. The van der Waals surface area contributed by atoms with Crippen molar-refractivity contribution in [2.45, 2.75) is 31.0 Å². The van der Waals surface area contributed by atoms with E-state index in [4.69, 9.17) is 11.6 Å². The maximum absolute atomic E-state index is 12.7. The van der Waals surface area contributed by atoms with E-state index in [1.165, 1.54) is 24.8 Å². The van der Waals surface area contributed by atoms with E-state index in [0.29, 0.717) is 17.9 Å². The smallest absolute Gasteiger partial charge is 0.251 e. The Morgan fingerprint density at radius 2 is 1.64 bits per heavy atom. The van der Waals surface area contributed by atoms with Crippen LogP contribution in [0, 0.1) is 11.3 Å². The van der Waals surface area contributed by atoms with E-state index in [9.17, 15) is 18.4 Å². The van der Waals surface area contributed by atoms with Gasteiger partial charge in [-0.05, 0) is 48.2 Å². The molecule has 4 nitrogen and oxygen atoms in total. The fourth-order valence-corrected chi connectivity index (χ4v) is 3.17. The highest BCUT2D eigenvalue weighted by Crippen LogP contribution is 2.33. The molecule has 3 rings (SSSR count).